The summed E-state index contributed by atoms with van der Waals surface area (Å²) in [5.74, 6) is -0.870. The highest BCUT2D eigenvalue weighted by Gasteiger charge is 2.61. The summed E-state index contributed by atoms with van der Waals surface area (Å²) in [4.78, 5) is 14.3. The van der Waals surface area contributed by atoms with E-state index in [4.69, 9.17) is 0 Å². The molecule has 4 rings (SSSR count). The van der Waals surface area contributed by atoms with Crippen molar-refractivity contribution in [3.05, 3.63) is 0 Å². The molecule has 0 bridgehead atoms. The molecule has 2 saturated carbocycles. The summed E-state index contributed by atoms with van der Waals surface area (Å²) in [6.45, 7) is 1.84. The number of likely N-dealkylation sites (tertiary alicyclic amines) is 1. The van der Waals surface area contributed by atoms with Crippen LogP contribution in [0.25, 0.3) is 0 Å². The average Bonchev–Trinajstić information content (AvgIpc) is 2.92. The number of hydrogen-bond donors (Lipinski definition) is 1. The zero-order chi connectivity index (χ0) is 15.5. The Bertz CT molecular complexity index is 582. The molecule has 0 spiro atoms. The molecule has 0 aromatic heterocycles. The van der Waals surface area contributed by atoms with E-state index in [-0.39, 0.29) is 17.7 Å². The van der Waals surface area contributed by atoms with Gasteiger partial charge < -0.3 is 5.11 Å². The van der Waals surface area contributed by atoms with Gasteiger partial charge in [0.15, 0.2) is 0 Å². The zero-order valence-electron chi connectivity index (χ0n) is 12.8. The number of sulfonamides is 1. The maximum atomic E-state index is 12.4. The molecule has 7 heteroatoms. The van der Waals surface area contributed by atoms with Crippen molar-refractivity contribution < 1.29 is 18.3 Å². The van der Waals surface area contributed by atoms with E-state index in [1.54, 1.807) is 0 Å². The van der Waals surface area contributed by atoms with Crippen LogP contribution in [0.3, 0.4) is 0 Å². The predicted molar refractivity (Wildman–Crippen MR) is 80.9 cm³/mol. The quantitative estimate of drug-likeness (QED) is 0.823. The summed E-state index contributed by atoms with van der Waals surface area (Å²) in [6.07, 6.45) is 6.25. The highest BCUT2D eigenvalue weighted by molar-refractivity contribution is 7.90. The Labute approximate surface area is 131 Å². The van der Waals surface area contributed by atoms with Crippen LogP contribution >= 0.6 is 0 Å². The lowest BCUT2D eigenvalue weighted by molar-refractivity contribution is -0.148. The standard InChI is InChI=1S/C15H24N2O4S/c18-14(19)15-9-16(12-3-1-2-4-12)7-11(15)8-17(10-15)22(20,21)13-5-6-13/h11-13H,1-10H2,(H,18,19)/t11-,15-/m0/s1. The molecule has 0 aromatic rings. The van der Waals surface area contributed by atoms with E-state index >= 15 is 0 Å². The summed E-state index contributed by atoms with van der Waals surface area (Å²) >= 11 is 0. The SMILES string of the molecule is O=C(O)[C@]12CN(C3CCCC3)C[C@H]1CN(S(=O)(=O)C1CC1)C2. The Hall–Kier alpha value is -0.660. The van der Waals surface area contributed by atoms with E-state index in [2.05, 4.69) is 4.90 Å². The van der Waals surface area contributed by atoms with Gasteiger partial charge in [-0.05, 0) is 25.7 Å². The molecule has 2 aliphatic carbocycles. The molecule has 2 aliphatic heterocycles. The Kier molecular flexibility index (Phi) is 3.33. The van der Waals surface area contributed by atoms with E-state index in [0.29, 0.717) is 19.1 Å². The Morgan fingerprint density at radius 1 is 1.05 bits per heavy atom. The van der Waals surface area contributed by atoms with Crippen LogP contribution in [0.1, 0.15) is 38.5 Å². The van der Waals surface area contributed by atoms with Crippen molar-refractivity contribution in [2.75, 3.05) is 26.2 Å². The molecule has 0 amide bonds. The minimum atomic E-state index is -3.26. The molecule has 0 unspecified atom stereocenters. The first kappa shape index (κ1) is 14.9. The second kappa shape index (κ2) is 4.92. The summed E-state index contributed by atoms with van der Waals surface area (Å²) in [7, 11) is -3.26. The number of nitrogens with zero attached hydrogens (tertiary/aromatic N) is 2. The maximum Gasteiger partial charge on any atom is 0.312 e. The van der Waals surface area contributed by atoms with Crippen molar-refractivity contribution in [3.8, 4) is 0 Å². The fraction of sp³-hybridized carbons (Fsp3) is 0.933. The van der Waals surface area contributed by atoms with E-state index in [0.717, 1.165) is 32.2 Å². The van der Waals surface area contributed by atoms with Gasteiger partial charge in [0.1, 0.15) is 0 Å². The summed E-state index contributed by atoms with van der Waals surface area (Å²) in [5.41, 5.74) is -0.884. The lowest BCUT2D eigenvalue weighted by Gasteiger charge is -2.28. The van der Waals surface area contributed by atoms with Crippen molar-refractivity contribution in [3.63, 3.8) is 0 Å². The van der Waals surface area contributed by atoms with Crippen molar-refractivity contribution in [2.45, 2.75) is 49.8 Å². The van der Waals surface area contributed by atoms with Crippen LogP contribution in [-0.2, 0) is 14.8 Å². The summed E-state index contributed by atoms with van der Waals surface area (Å²) in [5, 5.41) is 9.58. The molecule has 4 aliphatic rings. The lowest BCUT2D eigenvalue weighted by atomic mass is 9.81. The molecule has 22 heavy (non-hydrogen) atoms. The first-order chi connectivity index (χ1) is 10.4. The normalized spacial score (nSPS) is 37.7. The Balaban J connectivity index is 1.55. The van der Waals surface area contributed by atoms with Gasteiger partial charge in [-0.1, -0.05) is 12.8 Å². The van der Waals surface area contributed by atoms with Gasteiger partial charge in [0.05, 0.1) is 10.7 Å². The fourth-order valence-electron chi connectivity index (χ4n) is 4.68. The number of carboxylic acid groups (broad SMARTS) is 1. The minimum absolute atomic E-state index is 0.0564. The number of aliphatic carboxylic acids is 1. The van der Waals surface area contributed by atoms with Crippen LogP contribution in [0, 0.1) is 11.3 Å². The minimum Gasteiger partial charge on any atom is -0.481 e. The fourth-order valence-corrected chi connectivity index (χ4v) is 6.63. The van der Waals surface area contributed by atoms with Crippen LogP contribution in [0.2, 0.25) is 0 Å². The second-order valence-electron chi connectivity index (χ2n) is 7.56. The smallest absolute Gasteiger partial charge is 0.312 e. The highest BCUT2D eigenvalue weighted by Crippen LogP contribution is 2.47. The van der Waals surface area contributed by atoms with E-state index in [1.807, 2.05) is 0 Å². The molecule has 0 aromatic carbocycles. The van der Waals surface area contributed by atoms with Crippen LogP contribution in [0.4, 0.5) is 0 Å². The van der Waals surface area contributed by atoms with Gasteiger partial charge in [-0.15, -0.1) is 0 Å². The van der Waals surface area contributed by atoms with Gasteiger partial charge >= 0.3 is 5.97 Å². The average molecular weight is 328 g/mol. The summed E-state index contributed by atoms with van der Waals surface area (Å²) < 4.78 is 26.4. The molecule has 1 N–H and O–H groups in total. The third kappa shape index (κ3) is 2.12. The molecule has 2 saturated heterocycles. The van der Waals surface area contributed by atoms with Crippen molar-refractivity contribution in [1.29, 1.82) is 0 Å². The highest BCUT2D eigenvalue weighted by atomic mass is 32.2. The van der Waals surface area contributed by atoms with E-state index in [9.17, 15) is 18.3 Å². The lowest BCUT2D eigenvalue weighted by Crippen LogP contribution is -2.44. The van der Waals surface area contributed by atoms with Crippen LogP contribution in [0.5, 0.6) is 0 Å². The second-order valence-corrected chi connectivity index (χ2v) is 9.78. The van der Waals surface area contributed by atoms with Gasteiger partial charge in [-0.3, -0.25) is 9.69 Å². The van der Waals surface area contributed by atoms with Crippen molar-refractivity contribution in [1.82, 2.24) is 9.21 Å². The molecule has 2 heterocycles. The van der Waals surface area contributed by atoms with Crippen molar-refractivity contribution >= 4 is 16.0 Å². The molecular weight excluding hydrogens is 304 g/mol. The van der Waals surface area contributed by atoms with Crippen LogP contribution in [0.15, 0.2) is 0 Å². The first-order valence-electron chi connectivity index (χ1n) is 8.40. The zero-order valence-corrected chi connectivity index (χ0v) is 13.6. The topological polar surface area (TPSA) is 77.9 Å². The number of fused-ring (bicyclic) bond motifs is 1. The number of rotatable bonds is 4. The number of carboxylic acids is 1. The van der Waals surface area contributed by atoms with Gasteiger partial charge in [0, 0.05) is 38.1 Å². The third-order valence-corrected chi connectivity index (χ3v) is 8.49. The third-order valence-electron chi connectivity index (χ3n) is 6.18. The number of carbonyl (C=O) groups is 1. The van der Waals surface area contributed by atoms with Gasteiger partial charge in [-0.25, -0.2) is 12.7 Å². The Morgan fingerprint density at radius 2 is 1.73 bits per heavy atom. The molecular formula is C15H24N2O4S. The van der Waals surface area contributed by atoms with E-state index in [1.165, 1.54) is 17.1 Å². The molecule has 0 radical (unpaired) electrons. The van der Waals surface area contributed by atoms with Gasteiger partial charge in [0.2, 0.25) is 10.0 Å². The monoisotopic (exact) mass is 328 g/mol. The van der Waals surface area contributed by atoms with E-state index < -0.39 is 21.4 Å². The van der Waals surface area contributed by atoms with Crippen LogP contribution < -0.4 is 0 Å². The summed E-state index contributed by atoms with van der Waals surface area (Å²) in [6, 6.07) is 0.510. The maximum absolute atomic E-state index is 12.4. The molecule has 6 nitrogen and oxygen atoms in total. The van der Waals surface area contributed by atoms with Crippen molar-refractivity contribution in [2.24, 2.45) is 11.3 Å². The predicted octanol–water partition coefficient (Wildman–Crippen LogP) is 0.740. The van der Waals surface area contributed by atoms with Gasteiger partial charge in [0.25, 0.3) is 0 Å². The number of hydrogen-bond acceptors (Lipinski definition) is 4. The molecule has 2 atom stereocenters. The molecule has 4 fully saturated rings. The first-order valence-corrected chi connectivity index (χ1v) is 9.90. The van der Waals surface area contributed by atoms with Gasteiger partial charge in [-0.2, -0.15) is 0 Å². The Morgan fingerprint density at radius 3 is 2.27 bits per heavy atom. The molecule has 124 valence electrons. The largest absolute Gasteiger partial charge is 0.481 e. The van der Waals surface area contributed by atoms with Crippen LogP contribution in [-0.4, -0.2) is 66.2 Å².